The summed E-state index contributed by atoms with van der Waals surface area (Å²) in [6, 6.07) is 6.93. The fraction of sp³-hybridized carbons (Fsp3) is 0.448. The fourth-order valence-electron chi connectivity index (χ4n) is 4.45. The molecule has 0 radical (unpaired) electrons. The molecule has 0 spiro atoms. The molecule has 40 heavy (non-hydrogen) atoms. The average Bonchev–Trinajstić information content (AvgIpc) is 3.23. The van der Waals surface area contributed by atoms with Crippen molar-refractivity contribution in [2.75, 3.05) is 33.4 Å². The van der Waals surface area contributed by atoms with Gasteiger partial charge in [0, 0.05) is 36.8 Å². The minimum Gasteiger partial charge on any atom is -0.493 e. The second-order valence-electron chi connectivity index (χ2n) is 10.2. The molecule has 2 amide bonds. The predicted octanol–water partition coefficient (Wildman–Crippen LogP) is 5.00. The highest BCUT2D eigenvalue weighted by Crippen LogP contribution is 2.40. The van der Waals surface area contributed by atoms with Crippen molar-refractivity contribution < 1.29 is 28.6 Å². The van der Waals surface area contributed by atoms with Crippen LogP contribution in [-0.2, 0) is 12.0 Å². The number of ether oxygens (including phenoxy) is 3. The van der Waals surface area contributed by atoms with E-state index in [-0.39, 0.29) is 18.2 Å². The second-order valence-corrected chi connectivity index (χ2v) is 10.5. The van der Waals surface area contributed by atoms with Crippen molar-refractivity contribution >= 4 is 39.8 Å². The lowest BCUT2D eigenvalue weighted by atomic mass is 9.84. The molecule has 0 atom stereocenters. The van der Waals surface area contributed by atoms with Gasteiger partial charge in [0.15, 0.2) is 17.3 Å². The van der Waals surface area contributed by atoms with Crippen LogP contribution in [0.25, 0.3) is 0 Å². The zero-order valence-corrected chi connectivity index (χ0v) is 25.7. The molecular formula is C29H37BrN4O6. The van der Waals surface area contributed by atoms with Gasteiger partial charge in [-0.2, -0.15) is 4.02 Å². The normalized spacial score (nSPS) is 13.6. The Morgan fingerprint density at radius 3 is 2.27 bits per heavy atom. The highest BCUT2D eigenvalue weighted by atomic mass is 79.9. The Morgan fingerprint density at radius 1 is 1.02 bits per heavy atom. The summed E-state index contributed by atoms with van der Waals surface area (Å²) in [5.41, 5.74) is 2.65. The Bertz CT molecular complexity index is 1320. The van der Waals surface area contributed by atoms with Crippen LogP contribution < -0.4 is 24.8 Å². The Hall–Kier alpha value is -3.60. The highest BCUT2D eigenvalue weighted by Gasteiger charge is 2.32. The number of ketones is 1. The first kappa shape index (κ1) is 30.9. The van der Waals surface area contributed by atoms with Crippen molar-refractivity contribution in [3.63, 3.8) is 0 Å². The third kappa shape index (κ3) is 6.75. The van der Waals surface area contributed by atoms with Crippen LogP contribution in [0.2, 0.25) is 0 Å². The summed E-state index contributed by atoms with van der Waals surface area (Å²) in [5, 5.41) is 5.27. The third-order valence-electron chi connectivity index (χ3n) is 6.29. The fourth-order valence-corrected chi connectivity index (χ4v) is 4.87. The lowest BCUT2D eigenvalue weighted by molar-refractivity contribution is 0.0953. The SMILES string of the molecule is CCNC(=O)Oc1c(OCC)cc(C(=O)CN2Cc3cc(OCC)c(C(=O)NC)cc3C2=NBr)cc1C(C)(C)C. The Morgan fingerprint density at radius 2 is 1.70 bits per heavy atom. The van der Waals surface area contributed by atoms with E-state index in [1.807, 2.05) is 45.6 Å². The molecule has 10 nitrogen and oxygen atoms in total. The minimum absolute atomic E-state index is 0.0179. The van der Waals surface area contributed by atoms with E-state index in [2.05, 4.69) is 30.8 Å². The molecule has 0 unspecified atom stereocenters. The van der Waals surface area contributed by atoms with Gasteiger partial charge in [0.25, 0.3) is 5.91 Å². The van der Waals surface area contributed by atoms with Crippen molar-refractivity contribution in [2.24, 2.45) is 4.02 Å². The van der Waals surface area contributed by atoms with Gasteiger partial charge < -0.3 is 29.7 Å². The first-order chi connectivity index (χ1) is 19.0. The van der Waals surface area contributed by atoms with Crippen LogP contribution in [0.4, 0.5) is 4.79 Å². The maximum absolute atomic E-state index is 13.7. The van der Waals surface area contributed by atoms with Crippen LogP contribution in [0, 0.1) is 0 Å². The number of amidine groups is 1. The minimum atomic E-state index is -0.594. The van der Waals surface area contributed by atoms with E-state index in [0.717, 1.165) is 11.1 Å². The molecule has 216 valence electrons. The molecule has 1 heterocycles. The molecule has 0 aliphatic carbocycles. The number of carbonyl (C=O) groups is 3. The van der Waals surface area contributed by atoms with Crippen LogP contribution >= 0.6 is 16.1 Å². The van der Waals surface area contributed by atoms with E-state index in [4.69, 9.17) is 14.2 Å². The molecule has 2 aromatic carbocycles. The second kappa shape index (κ2) is 13.2. The quantitative estimate of drug-likeness (QED) is 0.360. The van der Waals surface area contributed by atoms with E-state index in [0.29, 0.717) is 66.1 Å². The largest absolute Gasteiger partial charge is 0.493 e. The van der Waals surface area contributed by atoms with E-state index in [1.165, 1.54) is 0 Å². The van der Waals surface area contributed by atoms with Gasteiger partial charge in [-0.05, 0) is 56.0 Å². The summed E-state index contributed by atoms with van der Waals surface area (Å²) in [6.07, 6.45) is -0.594. The van der Waals surface area contributed by atoms with Gasteiger partial charge in [0.2, 0.25) is 0 Å². The zero-order valence-electron chi connectivity index (χ0n) is 24.1. The molecule has 0 saturated heterocycles. The van der Waals surface area contributed by atoms with Crippen molar-refractivity contribution in [3.05, 3.63) is 52.1 Å². The molecule has 0 fully saturated rings. The first-order valence-electron chi connectivity index (χ1n) is 13.2. The third-order valence-corrected chi connectivity index (χ3v) is 6.63. The van der Waals surface area contributed by atoms with Crippen molar-refractivity contribution in [1.29, 1.82) is 0 Å². The van der Waals surface area contributed by atoms with E-state index >= 15 is 0 Å². The molecule has 2 aromatic rings. The molecule has 2 N–H and O–H groups in total. The smallest absolute Gasteiger partial charge is 0.412 e. The van der Waals surface area contributed by atoms with Crippen LogP contribution in [0.15, 0.2) is 28.3 Å². The Labute approximate surface area is 243 Å². The number of benzene rings is 2. The zero-order chi connectivity index (χ0) is 29.6. The maximum atomic E-state index is 13.7. The standard InChI is InChI=1S/C29H37BrN4O6/c1-8-32-28(37)40-25-21(29(4,5)6)11-17(12-24(25)39-10-3)22(35)16-34-15-18-13-23(38-9-2)20(27(36)31-7)14-19(18)26(34)33-30/h11-14H,8-10,15-16H2,1-7H3,(H,31,36)(H,32,37). The highest BCUT2D eigenvalue weighted by molar-refractivity contribution is 9.08. The van der Waals surface area contributed by atoms with Crippen molar-refractivity contribution in [2.45, 2.75) is 53.5 Å². The molecule has 1 aliphatic rings. The van der Waals surface area contributed by atoms with Crippen LogP contribution in [0.3, 0.4) is 0 Å². The number of hydrogen-bond acceptors (Lipinski definition) is 7. The average molecular weight is 618 g/mol. The number of rotatable bonds is 10. The lowest BCUT2D eigenvalue weighted by Gasteiger charge is -2.25. The number of halogens is 1. The Kier molecular flexibility index (Phi) is 10.2. The topological polar surface area (TPSA) is 119 Å². The number of nitrogens with one attached hydrogen (secondary N) is 2. The molecule has 3 rings (SSSR count). The number of nitrogens with zero attached hydrogens (tertiary/aromatic N) is 2. The molecule has 11 heteroatoms. The van der Waals surface area contributed by atoms with Crippen LogP contribution in [0.5, 0.6) is 17.2 Å². The number of carbonyl (C=O) groups excluding carboxylic acids is 3. The number of Topliss-reactive ketones (excluding diaryl/α,β-unsaturated/α-hetero) is 1. The van der Waals surface area contributed by atoms with Crippen molar-refractivity contribution in [1.82, 2.24) is 15.5 Å². The van der Waals surface area contributed by atoms with E-state index < -0.39 is 11.5 Å². The van der Waals surface area contributed by atoms with Crippen molar-refractivity contribution in [3.8, 4) is 17.2 Å². The van der Waals surface area contributed by atoms with Gasteiger partial charge in [0.05, 0.1) is 41.5 Å². The van der Waals surface area contributed by atoms with E-state index in [9.17, 15) is 14.4 Å². The summed E-state index contributed by atoms with van der Waals surface area (Å²) in [7, 11) is 1.56. The summed E-state index contributed by atoms with van der Waals surface area (Å²) < 4.78 is 21.5. The lowest BCUT2D eigenvalue weighted by Crippen LogP contribution is -2.31. The number of amides is 2. The monoisotopic (exact) mass is 616 g/mol. The molecule has 1 aliphatic heterocycles. The number of hydrogen-bond donors (Lipinski definition) is 2. The van der Waals surface area contributed by atoms with Gasteiger partial charge >= 0.3 is 6.09 Å². The first-order valence-corrected chi connectivity index (χ1v) is 14.0. The van der Waals surface area contributed by atoms with Crippen LogP contribution in [0.1, 0.15) is 78.9 Å². The maximum Gasteiger partial charge on any atom is 0.412 e. The van der Waals surface area contributed by atoms with Gasteiger partial charge in [-0.15, -0.1) is 0 Å². The van der Waals surface area contributed by atoms with Gasteiger partial charge in [0.1, 0.15) is 11.6 Å². The molecule has 0 bridgehead atoms. The Balaban J connectivity index is 1.99. The summed E-state index contributed by atoms with van der Waals surface area (Å²) in [6.45, 7) is 13.0. The van der Waals surface area contributed by atoms with Gasteiger partial charge in [-0.3, -0.25) is 9.59 Å². The predicted molar refractivity (Wildman–Crippen MR) is 157 cm³/mol. The number of fused-ring (bicyclic) bond motifs is 1. The van der Waals surface area contributed by atoms with Gasteiger partial charge in [-0.25, -0.2) is 4.79 Å². The summed E-state index contributed by atoms with van der Waals surface area (Å²) in [5.74, 6) is 1.17. The molecule has 0 saturated carbocycles. The van der Waals surface area contributed by atoms with E-state index in [1.54, 1.807) is 32.2 Å². The molecule has 0 aromatic heterocycles. The summed E-state index contributed by atoms with van der Waals surface area (Å²) >= 11 is 3.20. The molecular weight excluding hydrogens is 580 g/mol. The van der Waals surface area contributed by atoms with Gasteiger partial charge in [-0.1, -0.05) is 20.8 Å². The van der Waals surface area contributed by atoms with Crippen LogP contribution in [-0.4, -0.2) is 61.9 Å². The summed E-state index contributed by atoms with van der Waals surface area (Å²) in [4.78, 5) is 40.4.